The summed E-state index contributed by atoms with van der Waals surface area (Å²) in [5.74, 6) is -1.37. The number of halogens is 2. The van der Waals surface area contributed by atoms with Crippen LogP contribution in [0.4, 0.5) is 4.39 Å². The highest BCUT2D eigenvalue weighted by molar-refractivity contribution is 7.87. The molecule has 2 aromatic carbocycles. The fraction of sp³-hybridized carbons (Fsp3) is 0.179. The van der Waals surface area contributed by atoms with Crippen molar-refractivity contribution in [3.05, 3.63) is 92.9 Å². The van der Waals surface area contributed by atoms with E-state index in [1.165, 1.54) is 37.0 Å². The van der Waals surface area contributed by atoms with Crippen molar-refractivity contribution in [1.29, 1.82) is 0 Å². The highest BCUT2D eigenvalue weighted by Gasteiger charge is 2.33. The fourth-order valence-electron chi connectivity index (χ4n) is 5.09. The lowest BCUT2D eigenvalue weighted by Gasteiger charge is -2.16. The minimum atomic E-state index is -4.25. The van der Waals surface area contributed by atoms with Gasteiger partial charge < -0.3 is 14.3 Å². The van der Waals surface area contributed by atoms with Gasteiger partial charge in [0.25, 0.3) is 11.5 Å². The van der Waals surface area contributed by atoms with E-state index in [9.17, 15) is 18.0 Å². The molecule has 13 heteroatoms. The summed E-state index contributed by atoms with van der Waals surface area (Å²) in [5, 5.41) is 1.24. The number of nitrogens with one attached hydrogen (secondary N) is 2. The molecule has 2 N–H and O–H groups in total. The number of hydrogen-bond donors (Lipinski definition) is 2. The van der Waals surface area contributed by atoms with Crippen LogP contribution in [0.2, 0.25) is 5.15 Å². The van der Waals surface area contributed by atoms with Crippen LogP contribution in [-0.2, 0) is 23.2 Å². The first kappa shape index (κ1) is 26.9. The maximum Gasteiger partial charge on any atom is 0.303 e. The summed E-state index contributed by atoms with van der Waals surface area (Å²) >= 11 is 6.58. The van der Waals surface area contributed by atoms with Gasteiger partial charge in [0.1, 0.15) is 22.4 Å². The largest absolute Gasteiger partial charge is 0.492 e. The van der Waals surface area contributed by atoms with Crippen LogP contribution in [0.5, 0.6) is 5.75 Å². The van der Waals surface area contributed by atoms with Crippen molar-refractivity contribution in [2.24, 2.45) is 0 Å². The lowest BCUT2D eigenvalue weighted by molar-refractivity contribution is 0.0972. The van der Waals surface area contributed by atoms with Crippen LogP contribution in [0, 0.1) is 5.82 Å². The van der Waals surface area contributed by atoms with Gasteiger partial charge in [-0.05, 0) is 30.3 Å². The number of benzene rings is 2. The van der Waals surface area contributed by atoms with Gasteiger partial charge >= 0.3 is 10.2 Å². The van der Waals surface area contributed by atoms with E-state index in [-0.39, 0.29) is 46.4 Å². The molecule has 0 unspecified atom stereocenters. The van der Waals surface area contributed by atoms with Gasteiger partial charge in [-0.1, -0.05) is 29.8 Å². The summed E-state index contributed by atoms with van der Waals surface area (Å²) in [6, 6.07) is 13.5. The number of ether oxygens (including phenoxy) is 1. The van der Waals surface area contributed by atoms with Crippen LogP contribution in [0.15, 0.2) is 59.5 Å². The molecule has 5 aromatic rings. The van der Waals surface area contributed by atoms with E-state index in [1.54, 1.807) is 18.2 Å². The molecule has 0 saturated carbocycles. The van der Waals surface area contributed by atoms with Gasteiger partial charge in [-0.25, -0.2) is 14.1 Å². The molecule has 0 atom stereocenters. The van der Waals surface area contributed by atoms with Crippen LogP contribution < -0.4 is 15.0 Å². The van der Waals surface area contributed by atoms with Crippen molar-refractivity contribution in [3.8, 4) is 16.9 Å². The average Bonchev–Trinajstić information content (AvgIpc) is 3.53. The van der Waals surface area contributed by atoms with Crippen LogP contribution in [0.25, 0.3) is 32.9 Å². The Morgan fingerprint density at radius 2 is 2.00 bits per heavy atom. The molecule has 0 aliphatic carbocycles. The molecule has 4 heterocycles. The predicted octanol–water partition coefficient (Wildman–Crippen LogP) is 3.86. The normalized spacial score (nSPS) is 13.1. The first-order valence-electron chi connectivity index (χ1n) is 12.5. The third-order valence-corrected chi connectivity index (χ3v) is 8.77. The molecule has 41 heavy (non-hydrogen) atoms. The minimum Gasteiger partial charge on any atom is -0.492 e. The number of aromatic nitrogens is 3. The summed E-state index contributed by atoms with van der Waals surface area (Å²) < 4.78 is 51.1. The molecule has 0 radical (unpaired) electrons. The third-order valence-electron chi connectivity index (χ3n) is 7.04. The molecule has 3 aromatic heterocycles. The molecule has 10 nitrogen and oxygen atoms in total. The van der Waals surface area contributed by atoms with E-state index >= 15 is 4.39 Å². The highest BCUT2D eigenvalue weighted by atomic mass is 35.5. The number of hydrogen-bond acceptors (Lipinski definition) is 6. The Labute approximate surface area is 238 Å². The van der Waals surface area contributed by atoms with Gasteiger partial charge in [0, 0.05) is 48.8 Å². The zero-order valence-corrected chi connectivity index (χ0v) is 23.4. The number of para-hydroxylation sites is 1. The van der Waals surface area contributed by atoms with Crippen LogP contribution in [-0.4, -0.2) is 53.9 Å². The Kier molecular flexibility index (Phi) is 6.56. The Morgan fingerprint density at radius 3 is 2.76 bits per heavy atom. The van der Waals surface area contributed by atoms with Gasteiger partial charge in [-0.15, -0.1) is 0 Å². The number of pyridine rings is 2. The van der Waals surface area contributed by atoms with Gasteiger partial charge in [-0.2, -0.15) is 12.7 Å². The molecule has 210 valence electrons. The van der Waals surface area contributed by atoms with Gasteiger partial charge in [-0.3, -0.25) is 9.59 Å². The first-order valence-corrected chi connectivity index (χ1v) is 14.4. The van der Waals surface area contributed by atoms with Crippen molar-refractivity contribution in [3.63, 3.8) is 0 Å². The quantitative estimate of drug-likeness (QED) is 0.287. The van der Waals surface area contributed by atoms with Crippen LogP contribution >= 0.6 is 11.6 Å². The van der Waals surface area contributed by atoms with Crippen molar-refractivity contribution < 1.29 is 22.3 Å². The van der Waals surface area contributed by atoms with Crippen molar-refractivity contribution in [2.75, 3.05) is 20.7 Å². The molecule has 0 fully saturated rings. The molecular weight excluding hydrogens is 573 g/mol. The number of amides is 1. The Morgan fingerprint density at radius 1 is 1.22 bits per heavy atom. The summed E-state index contributed by atoms with van der Waals surface area (Å²) in [6.45, 7) is 0.110. The Balaban J connectivity index is 1.71. The second-order valence-corrected chi connectivity index (χ2v) is 12.0. The summed E-state index contributed by atoms with van der Waals surface area (Å²) in [7, 11) is -1.71. The smallest absolute Gasteiger partial charge is 0.303 e. The number of H-pyrrole nitrogens is 1. The molecule has 6 rings (SSSR count). The van der Waals surface area contributed by atoms with E-state index in [2.05, 4.69) is 14.7 Å². The van der Waals surface area contributed by atoms with Crippen LogP contribution in [0.3, 0.4) is 0 Å². The van der Waals surface area contributed by atoms with E-state index < -0.39 is 27.5 Å². The molecule has 1 amide bonds. The van der Waals surface area contributed by atoms with Crippen LogP contribution in [0.1, 0.15) is 21.6 Å². The molecule has 0 saturated heterocycles. The predicted molar refractivity (Wildman–Crippen MR) is 153 cm³/mol. The zero-order valence-electron chi connectivity index (χ0n) is 21.9. The molecule has 0 bridgehead atoms. The lowest BCUT2D eigenvalue weighted by atomic mass is 10.00. The second kappa shape index (κ2) is 9.98. The van der Waals surface area contributed by atoms with E-state index in [0.717, 1.165) is 9.69 Å². The number of nitrogens with zero attached hydrogens (tertiary/aromatic N) is 3. The average molecular weight is 596 g/mol. The summed E-state index contributed by atoms with van der Waals surface area (Å²) in [5.41, 5.74) is 1.14. The number of aromatic amines is 1. The molecule has 1 aliphatic rings. The standard InChI is InChI=1S/C28H23ClFN5O5S/c1-34(2)41(38,39)33-28(37)24-22(18-7-5-10-31-27(18)36)23-21(13-19(30)17-9-11-40-25(17)23)35(24)14-16-12-15-6-3-4-8-20(15)32-26(16)29/h3-8,10,12-13H,9,11,14H2,1-2H3,(H,31,36)(H,33,37). The van der Waals surface area contributed by atoms with Gasteiger partial charge in [0.15, 0.2) is 0 Å². The topological polar surface area (TPSA) is 126 Å². The van der Waals surface area contributed by atoms with Crippen molar-refractivity contribution in [1.82, 2.24) is 23.6 Å². The highest BCUT2D eigenvalue weighted by Crippen LogP contribution is 2.45. The Hall–Kier alpha value is -4.26. The van der Waals surface area contributed by atoms with E-state index in [1.807, 2.05) is 18.2 Å². The maximum atomic E-state index is 15.4. The lowest BCUT2D eigenvalue weighted by Crippen LogP contribution is -2.40. The molecular formula is C28H23ClFN5O5S. The van der Waals surface area contributed by atoms with Crippen molar-refractivity contribution >= 4 is 49.5 Å². The van der Waals surface area contributed by atoms with E-state index in [4.69, 9.17) is 16.3 Å². The first-order chi connectivity index (χ1) is 19.6. The van der Waals surface area contributed by atoms with Gasteiger partial charge in [0.05, 0.1) is 35.1 Å². The molecule has 1 aliphatic heterocycles. The van der Waals surface area contributed by atoms with Crippen molar-refractivity contribution in [2.45, 2.75) is 13.0 Å². The number of rotatable bonds is 6. The van der Waals surface area contributed by atoms with Gasteiger partial charge in [0.2, 0.25) is 0 Å². The summed E-state index contributed by atoms with van der Waals surface area (Å²) in [6.07, 6.45) is 1.73. The minimum absolute atomic E-state index is 0.0793. The SMILES string of the molecule is CN(C)S(=O)(=O)NC(=O)c1c(-c2ccc[nH]c2=O)c2c3c(c(F)cc2n1Cc1cc2ccccc2nc1Cl)CCO3. The second-order valence-electron chi connectivity index (χ2n) is 9.73. The summed E-state index contributed by atoms with van der Waals surface area (Å²) in [4.78, 5) is 34.1. The zero-order chi connectivity index (χ0) is 29.1. The number of carbonyl (C=O) groups excluding carboxylic acids is 1. The maximum absolute atomic E-state index is 15.4. The Bertz CT molecular complexity index is 2060. The van der Waals surface area contributed by atoms with E-state index in [0.29, 0.717) is 28.5 Å². The molecule has 0 spiro atoms. The number of carbonyl (C=O) groups is 1. The third kappa shape index (κ3) is 4.53. The fourth-order valence-corrected chi connectivity index (χ4v) is 5.80. The number of fused-ring (bicyclic) bond motifs is 4. The monoisotopic (exact) mass is 595 g/mol.